The molecule has 404 valence electrons. The van der Waals surface area contributed by atoms with Gasteiger partial charge in [0.25, 0.3) is 0 Å². The third-order valence-electron chi connectivity index (χ3n) is 12.6. The van der Waals surface area contributed by atoms with Gasteiger partial charge in [-0.05, 0) is 106 Å². The monoisotopic (exact) mass is 1080 g/mol. The molecule has 2 aliphatic rings. The fourth-order valence-electron chi connectivity index (χ4n) is 8.87. The van der Waals surface area contributed by atoms with Crippen LogP contribution in [0.5, 0.6) is 69.0 Å². The summed E-state index contributed by atoms with van der Waals surface area (Å²) < 4.78 is 28.4. The van der Waals surface area contributed by atoms with E-state index in [-0.39, 0.29) is 50.3 Å². The summed E-state index contributed by atoms with van der Waals surface area (Å²) in [5.41, 5.74) is -0.430. The van der Waals surface area contributed by atoms with Crippen molar-refractivity contribution in [1.29, 1.82) is 0 Å². The van der Waals surface area contributed by atoms with Crippen LogP contribution in [-0.2, 0) is 62.2 Å². The van der Waals surface area contributed by atoms with Gasteiger partial charge in [0.05, 0.1) is 0 Å². The molecule has 6 aromatic carbocycles. The van der Waals surface area contributed by atoms with E-state index in [1.165, 1.54) is 30.3 Å². The van der Waals surface area contributed by atoms with Crippen LogP contribution in [0.15, 0.2) is 103 Å². The van der Waals surface area contributed by atoms with E-state index in [1.807, 2.05) is 0 Å². The smallest absolute Gasteiger partial charge is 0.345 e. The normalized spacial score (nSPS) is 17.3. The lowest BCUT2D eigenvalue weighted by molar-refractivity contribution is -0.166. The summed E-state index contributed by atoms with van der Waals surface area (Å²) >= 11 is 0. The number of carbonyl (C=O) groups excluding carboxylic acids is 3. The first-order valence-corrected chi connectivity index (χ1v) is 23.1. The number of carbonyl (C=O) groups is 6. The summed E-state index contributed by atoms with van der Waals surface area (Å²) in [4.78, 5) is 79.8. The molecule has 0 amide bonds. The van der Waals surface area contributed by atoms with Crippen LogP contribution in [0.25, 0.3) is 6.08 Å². The van der Waals surface area contributed by atoms with E-state index < -0.39 is 161 Å². The van der Waals surface area contributed by atoms with E-state index in [2.05, 4.69) is 0 Å². The second-order valence-electron chi connectivity index (χ2n) is 17.9. The average Bonchev–Trinajstić information content (AvgIpc) is 4.23. The van der Waals surface area contributed by atoms with Crippen LogP contribution >= 0.6 is 0 Å². The zero-order valence-corrected chi connectivity index (χ0v) is 39.9. The highest BCUT2D eigenvalue weighted by Crippen LogP contribution is 2.55. The van der Waals surface area contributed by atoms with Gasteiger partial charge in [-0.15, -0.1) is 0 Å². The van der Waals surface area contributed by atoms with Crippen molar-refractivity contribution in [1.82, 2.24) is 0 Å². The molecule has 2 heterocycles. The van der Waals surface area contributed by atoms with Crippen molar-refractivity contribution in [3.05, 3.63) is 148 Å². The van der Waals surface area contributed by atoms with Crippen molar-refractivity contribution < 1.29 is 119 Å². The van der Waals surface area contributed by atoms with Crippen LogP contribution in [0.4, 0.5) is 0 Å². The Morgan fingerprint density at radius 1 is 0.449 bits per heavy atom. The Balaban J connectivity index is 1.11. The summed E-state index contributed by atoms with van der Waals surface area (Å²) in [7, 11) is 0. The molecule has 24 nitrogen and oxygen atoms in total. The van der Waals surface area contributed by atoms with Crippen molar-refractivity contribution in [2.45, 2.75) is 61.6 Å². The number of rotatable bonds is 18. The Kier molecular flexibility index (Phi) is 15.0. The number of hydrogen-bond donors (Lipinski definition) is 13. The van der Waals surface area contributed by atoms with Gasteiger partial charge in [0.1, 0.15) is 24.0 Å². The highest BCUT2D eigenvalue weighted by molar-refractivity contribution is 5.91. The molecule has 13 N–H and O–H groups in total. The van der Waals surface area contributed by atoms with Crippen LogP contribution in [0, 0.1) is 0 Å². The van der Waals surface area contributed by atoms with Crippen molar-refractivity contribution in [2.75, 3.05) is 0 Å². The van der Waals surface area contributed by atoms with Gasteiger partial charge in [0, 0.05) is 36.5 Å². The average molecular weight is 1080 g/mol. The van der Waals surface area contributed by atoms with E-state index in [0.717, 1.165) is 78.9 Å². The molecule has 0 aromatic heterocycles. The standard InChI is InChI=1S/C54H44O24/c55-29-7-1-23(14-34(29)60)17-39(50(66)67)74-42(65)12-3-22-13-28-44(46(77-48(28)38(64)16-22)26-5-9-31(57)36(62)19-26)53(72)76-41(52(70)71)21-25-4-11-33(59)49-43(25)45(47(78-49)27-6-10-32(58)37(63)20-27)54(73)75-40(51(68)69)18-24-2-8-30(56)35(61)15-24/h1-16,19-20,39-41,44-47,55-64H,17-18,21H2,(H,66,67)(H,68,69)(H,70,71). The fourth-order valence-corrected chi connectivity index (χ4v) is 8.87. The highest BCUT2D eigenvalue weighted by atomic mass is 16.6. The number of hydrogen-bond acceptors (Lipinski definition) is 21. The number of aromatic hydroxyl groups is 10. The van der Waals surface area contributed by atoms with E-state index in [1.54, 1.807) is 0 Å². The highest BCUT2D eigenvalue weighted by Gasteiger charge is 2.48. The number of phenols is 10. The first-order chi connectivity index (χ1) is 37.0. The molecular formula is C54H44O24. The zero-order chi connectivity index (χ0) is 56.4. The molecule has 0 radical (unpaired) electrons. The molecule has 8 rings (SSSR count). The van der Waals surface area contributed by atoms with Gasteiger partial charge in [0.2, 0.25) is 18.3 Å². The van der Waals surface area contributed by atoms with Gasteiger partial charge >= 0.3 is 35.8 Å². The summed E-state index contributed by atoms with van der Waals surface area (Å²) in [6.45, 7) is 0. The van der Waals surface area contributed by atoms with Crippen molar-refractivity contribution in [3.63, 3.8) is 0 Å². The minimum atomic E-state index is -2.20. The lowest BCUT2D eigenvalue weighted by Crippen LogP contribution is -2.34. The Morgan fingerprint density at radius 3 is 1.38 bits per heavy atom. The Morgan fingerprint density at radius 2 is 0.885 bits per heavy atom. The third-order valence-corrected chi connectivity index (χ3v) is 12.6. The molecule has 2 aliphatic heterocycles. The van der Waals surface area contributed by atoms with Gasteiger partial charge in [-0.1, -0.05) is 30.3 Å². The number of fused-ring (bicyclic) bond motifs is 2. The molecule has 0 aliphatic carbocycles. The van der Waals surface area contributed by atoms with Crippen LogP contribution < -0.4 is 9.47 Å². The van der Waals surface area contributed by atoms with Crippen LogP contribution in [0.1, 0.15) is 68.6 Å². The number of carboxylic acids is 3. The molecule has 24 heteroatoms. The van der Waals surface area contributed by atoms with Crippen molar-refractivity contribution in [2.24, 2.45) is 0 Å². The molecule has 0 saturated carbocycles. The minimum Gasteiger partial charge on any atom is -0.504 e. The second-order valence-corrected chi connectivity index (χ2v) is 17.9. The lowest BCUT2D eigenvalue weighted by atomic mass is 9.86. The molecule has 0 bridgehead atoms. The number of carboxylic acid groups (broad SMARTS) is 3. The van der Waals surface area contributed by atoms with Crippen LogP contribution in [0.3, 0.4) is 0 Å². The number of ether oxygens (including phenoxy) is 5. The largest absolute Gasteiger partial charge is 0.504 e. The SMILES string of the molecule is O=C(C=Cc1cc(O)c2c(c1)C(C(=O)OC(Cc1ccc(O)c3c1C(C(=O)OC(Cc1ccc(O)c(O)c1)C(=O)O)C(c1ccc(O)c(O)c1)O3)C(=O)O)C(c1ccc(O)c(O)c1)O2)OC(Cc1ccc(O)c(O)c1)C(=O)O. The Hall–Kier alpha value is -10.5. The fraction of sp³-hybridized carbons (Fsp3) is 0.185. The number of esters is 3. The molecule has 6 aromatic rings. The van der Waals surface area contributed by atoms with E-state index in [9.17, 15) is 95.2 Å². The van der Waals surface area contributed by atoms with Gasteiger partial charge in [0.15, 0.2) is 69.0 Å². The maximum Gasteiger partial charge on any atom is 0.345 e. The Bertz CT molecular complexity index is 3440. The topological polar surface area (TPSA) is 412 Å². The molecule has 0 saturated heterocycles. The molecule has 0 fully saturated rings. The second kappa shape index (κ2) is 21.7. The first kappa shape index (κ1) is 53.8. The number of aliphatic carboxylic acids is 3. The minimum absolute atomic E-state index is 0.0138. The quantitative estimate of drug-likeness (QED) is 0.0235. The van der Waals surface area contributed by atoms with E-state index in [4.69, 9.17) is 23.7 Å². The van der Waals surface area contributed by atoms with E-state index >= 15 is 0 Å². The first-order valence-electron chi connectivity index (χ1n) is 23.1. The third kappa shape index (κ3) is 11.3. The lowest BCUT2D eigenvalue weighted by Gasteiger charge is -2.23. The summed E-state index contributed by atoms with van der Waals surface area (Å²) in [6.07, 6.45) is -9.08. The number of benzene rings is 6. The maximum absolute atomic E-state index is 14.6. The molecular weight excluding hydrogens is 1030 g/mol. The molecule has 7 atom stereocenters. The number of phenolic OH excluding ortho intramolecular Hbond substituents is 10. The van der Waals surface area contributed by atoms with Crippen LogP contribution in [0.2, 0.25) is 0 Å². The van der Waals surface area contributed by atoms with Gasteiger partial charge in [-0.25, -0.2) is 19.2 Å². The van der Waals surface area contributed by atoms with E-state index in [0.29, 0.717) is 0 Å². The van der Waals surface area contributed by atoms with Crippen molar-refractivity contribution >= 4 is 41.9 Å². The van der Waals surface area contributed by atoms with Crippen LogP contribution in [-0.4, -0.2) is 121 Å². The summed E-state index contributed by atoms with van der Waals surface area (Å²) in [5.74, 6) is -19.2. The predicted octanol–water partition coefficient (Wildman–Crippen LogP) is 4.91. The van der Waals surface area contributed by atoms with Gasteiger partial charge in [-0.2, -0.15) is 0 Å². The zero-order valence-electron chi connectivity index (χ0n) is 39.9. The Labute approximate surface area is 437 Å². The van der Waals surface area contributed by atoms with Gasteiger partial charge in [-0.3, -0.25) is 9.59 Å². The van der Waals surface area contributed by atoms with Gasteiger partial charge < -0.3 is 90.1 Å². The van der Waals surface area contributed by atoms with Crippen molar-refractivity contribution in [3.8, 4) is 69.0 Å². The molecule has 0 spiro atoms. The molecule has 7 unspecified atom stereocenters. The summed E-state index contributed by atoms with van der Waals surface area (Å²) in [6, 6.07) is 17.9. The predicted molar refractivity (Wildman–Crippen MR) is 260 cm³/mol. The summed E-state index contributed by atoms with van der Waals surface area (Å²) in [5, 5.41) is 133. The maximum atomic E-state index is 14.6. The molecule has 78 heavy (non-hydrogen) atoms.